The molecule has 0 spiro atoms. The lowest BCUT2D eigenvalue weighted by atomic mass is 9.88. The summed E-state index contributed by atoms with van der Waals surface area (Å²) >= 11 is 0. The molecule has 2 N–H and O–H groups in total. The molecule has 0 saturated carbocycles. The van der Waals surface area contributed by atoms with Crippen molar-refractivity contribution in [2.75, 3.05) is 13.1 Å². The number of piperidine rings is 1. The molecule has 1 amide bonds. The highest BCUT2D eigenvalue weighted by molar-refractivity contribution is 5.91. The van der Waals surface area contributed by atoms with Crippen molar-refractivity contribution in [1.29, 1.82) is 0 Å². The van der Waals surface area contributed by atoms with Crippen LogP contribution in [0.4, 0.5) is 4.39 Å². The van der Waals surface area contributed by atoms with Gasteiger partial charge in [0.05, 0.1) is 0 Å². The second-order valence-corrected chi connectivity index (χ2v) is 7.26. The van der Waals surface area contributed by atoms with E-state index in [2.05, 4.69) is 29.0 Å². The van der Waals surface area contributed by atoms with Crippen molar-refractivity contribution in [2.45, 2.75) is 25.3 Å². The first-order chi connectivity index (χ1) is 14.6. The summed E-state index contributed by atoms with van der Waals surface area (Å²) in [6.45, 7) is 1.86. The standard InChI is InChI=1S/C24H22FN3O2/c25-21-5-2-12-27-22(21)8-6-20-7-9-23(30-20)24(29)28-13-10-18(11-14-28)19-4-1-3-17(15-19)16-26/h1-5,7,9,12,15,18H,10-11,13-14,16,26H2. The van der Waals surface area contributed by atoms with E-state index in [-0.39, 0.29) is 17.4 Å². The van der Waals surface area contributed by atoms with Crippen LogP contribution in [0.25, 0.3) is 0 Å². The van der Waals surface area contributed by atoms with E-state index in [9.17, 15) is 9.18 Å². The zero-order chi connectivity index (χ0) is 20.9. The third-order valence-electron chi connectivity index (χ3n) is 5.32. The van der Waals surface area contributed by atoms with Crippen LogP contribution in [0, 0.1) is 17.7 Å². The van der Waals surface area contributed by atoms with Crippen LogP contribution in [0.1, 0.15) is 51.9 Å². The molecular weight excluding hydrogens is 381 g/mol. The highest BCUT2D eigenvalue weighted by Gasteiger charge is 2.26. The minimum absolute atomic E-state index is 0.0440. The molecule has 0 bridgehead atoms. The van der Waals surface area contributed by atoms with Gasteiger partial charge in [-0.1, -0.05) is 24.3 Å². The Balaban J connectivity index is 1.39. The molecule has 0 radical (unpaired) electrons. The Morgan fingerprint density at radius 1 is 1.17 bits per heavy atom. The largest absolute Gasteiger partial charge is 0.443 e. The number of amides is 1. The van der Waals surface area contributed by atoms with E-state index in [0.717, 1.165) is 18.4 Å². The Kier molecular flexibility index (Phi) is 5.92. The van der Waals surface area contributed by atoms with Gasteiger partial charge in [0.15, 0.2) is 17.3 Å². The molecule has 2 aromatic heterocycles. The first-order valence-corrected chi connectivity index (χ1v) is 9.94. The summed E-state index contributed by atoms with van der Waals surface area (Å²) in [6, 6.07) is 14.4. The third-order valence-corrected chi connectivity index (χ3v) is 5.32. The lowest BCUT2D eigenvalue weighted by molar-refractivity contribution is 0.0680. The summed E-state index contributed by atoms with van der Waals surface area (Å²) in [5.41, 5.74) is 8.19. The summed E-state index contributed by atoms with van der Waals surface area (Å²) < 4.78 is 19.2. The molecular formula is C24H22FN3O2. The monoisotopic (exact) mass is 403 g/mol. The van der Waals surface area contributed by atoms with Crippen molar-refractivity contribution in [3.8, 4) is 11.8 Å². The zero-order valence-electron chi connectivity index (χ0n) is 16.5. The molecule has 3 aromatic rings. The summed E-state index contributed by atoms with van der Waals surface area (Å²) in [5.74, 6) is 5.67. The van der Waals surface area contributed by atoms with Gasteiger partial charge in [-0.2, -0.15) is 0 Å². The van der Waals surface area contributed by atoms with Gasteiger partial charge in [0.1, 0.15) is 5.69 Å². The van der Waals surface area contributed by atoms with Crippen molar-refractivity contribution in [3.05, 3.63) is 88.9 Å². The number of halogens is 1. The number of benzene rings is 1. The molecule has 4 rings (SSSR count). The minimum atomic E-state index is -0.493. The number of nitrogens with zero attached hydrogens (tertiary/aromatic N) is 2. The van der Waals surface area contributed by atoms with E-state index in [1.165, 1.54) is 23.9 Å². The number of likely N-dealkylation sites (tertiary alicyclic amines) is 1. The number of hydrogen-bond donors (Lipinski definition) is 1. The van der Waals surface area contributed by atoms with Gasteiger partial charge in [0, 0.05) is 25.8 Å². The minimum Gasteiger partial charge on any atom is -0.443 e. The normalized spacial score (nSPS) is 14.3. The van der Waals surface area contributed by atoms with E-state index in [1.807, 2.05) is 12.1 Å². The van der Waals surface area contributed by atoms with Gasteiger partial charge < -0.3 is 15.1 Å². The van der Waals surface area contributed by atoms with Crippen LogP contribution in [0.5, 0.6) is 0 Å². The molecule has 30 heavy (non-hydrogen) atoms. The maximum Gasteiger partial charge on any atom is 0.289 e. The Labute approximate surface area is 174 Å². The third kappa shape index (κ3) is 4.42. The first-order valence-electron chi connectivity index (χ1n) is 9.94. The quantitative estimate of drug-likeness (QED) is 0.677. The van der Waals surface area contributed by atoms with Crippen LogP contribution in [-0.2, 0) is 6.54 Å². The Bertz CT molecular complexity index is 1100. The molecule has 6 heteroatoms. The fourth-order valence-electron chi connectivity index (χ4n) is 3.66. The molecule has 1 saturated heterocycles. The maximum atomic E-state index is 13.6. The van der Waals surface area contributed by atoms with Crippen LogP contribution in [0.2, 0.25) is 0 Å². The molecule has 1 fully saturated rings. The molecule has 5 nitrogen and oxygen atoms in total. The zero-order valence-corrected chi connectivity index (χ0v) is 16.5. The van der Waals surface area contributed by atoms with Crippen LogP contribution in [-0.4, -0.2) is 28.9 Å². The number of furan rings is 1. The van der Waals surface area contributed by atoms with Crippen LogP contribution >= 0.6 is 0 Å². The number of pyridine rings is 1. The summed E-state index contributed by atoms with van der Waals surface area (Å²) in [4.78, 5) is 18.5. The van der Waals surface area contributed by atoms with Gasteiger partial charge in [0.25, 0.3) is 5.91 Å². The summed E-state index contributed by atoms with van der Waals surface area (Å²) in [5, 5.41) is 0. The number of hydrogen-bond acceptors (Lipinski definition) is 4. The Morgan fingerprint density at radius 2 is 2.00 bits per heavy atom. The van der Waals surface area contributed by atoms with Crippen molar-refractivity contribution >= 4 is 5.91 Å². The molecule has 1 aliphatic heterocycles. The molecule has 0 unspecified atom stereocenters. The smallest absolute Gasteiger partial charge is 0.289 e. The van der Waals surface area contributed by atoms with Gasteiger partial charge >= 0.3 is 0 Å². The summed E-state index contributed by atoms with van der Waals surface area (Å²) in [6.07, 6.45) is 3.26. The van der Waals surface area contributed by atoms with E-state index in [0.29, 0.717) is 31.3 Å². The molecule has 0 atom stereocenters. The Morgan fingerprint density at radius 3 is 2.77 bits per heavy atom. The molecule has 0 aliphatic carbocycles. The lowest BCUT2D eigenvalue weighted by Crippen LogP contribution is -2.37. The number of nitrogens with two attached hydrogens (primary N) is 1. The average molecular weight is 403 g/mol. The number of carbonyl (C=O) groups excluding carboxylic acids is 1. The molecule has 152 valence electrons. The predicted molar refractivity (Wildman–Crippen MR) is 111 cm³/mol. The van der Waals surface area contributed by atoms with Crippen LogP contribution in [0.3, 0.4) is 0 Å². The molecule has 1 aromatic carbocycles. The molecule has 3 heterocycles. The fourth-order valence-corrected chi connectivity index (χ4v) is 3.66. The summed E-state index contributed by atoms with van der Waals surface area (Å²) in [7, 11) is 0. The van der Waals surface area contributed by atoms with Crippen molar-refractivity contribution < 1.29 is 13.6 Å². The van der Waals surface area contributed by atoms with Gasteiger partial charge in [-0.05, 0) is 66.0 Å². The van der Waals surface area contributed by atoms with Crippen LogP contribution < -0.4 is 5.73 Å². The number of aromatic nitrogens is 1. The second-order valence-electron chi connectivity index (χ2n) is 7.26. The topological polar surface area (TPSA) is 72.4 Å². The van der Waals surface area contributed by atoms with Crippen molar-refractivity contribution in [1.82, 2.24) is 9.88 Å². The highest BCUT2D eigenvalue weighted by atomic mass is 19.1. The van der Waals surface area contributed by atoms with E-state index < -0.39 is 5.82 Å². The number of carbonyl (C=O) groups is 1. The SMILES string of the molecule is NCc1cccc(C2CCN(C(=O)c3ccc(C#Cc4ncccc4F)o3)CC2)c1. The van der Waals surface area contributed by atoms with Crippen molar-refractivity contribution in [3.63, 3.8) is 0 Å². The highest BCUT2D eigenvalue weighted by Crippen LogP contribution is 2.29. The van der Waals surface area contributed by atoms with Gasteiger partial charge in [-0.3, -0.25) is 4.79 Å². The van der Waals surface area contributed by atoms with Gasteiger partial charge in [0.2, 0.25) is 0 Å². The number of rotatable bonds is 3. The Hall–Kier alpha value is -3.43. The lowest BCUT2D eigenvalue weighted by Gasteiger charge is -2.31. The van der Waals surface area contributed by atoms with E-state index >= 15 is 0 Å². The van der Waals surface area contributed by atoms with E-state index in [1.54, 1.807) is 17.0 Å². The van der Waals surface area contributed by atoms with Crippen molar-refractivity contribution in [2.24, 2.45) is 5.73 Å². The average Bonchev–Trinajstić information content (AvgIpc) is 3.27. The molecule has 1 aliphatic rings. The second kappa shape index (κ2) is 8.93. The van der Waals surface area contributed by atoms with Gasteiger partial charge in [-0.15, -0.1) is 0 Å². The fraction of sp³-hybridized carbons (Fsp3) is 0.250. The van der Waals surface area contributed by atoms with Crippen LogP contribution in [0.15, 0.2) is 59.1 Å². The predicted octanol–water partition coefficient (Wildman–Crippen LogP) is 3.69. The first kappa shape index (κ1) is 19.9. The maximum absolute atomic E-state index is 13.6. The van der Waals surface area contributed by atoms with E-state index in [4.69, 9.17) is 10.2 Å². The van der Waals surface area contributed by atoms with Gasteiger partial charge in [-0.25, -0.2) is 9.37 Å².